The van der Waals surface area contributed by atoms with E-state index in [0.717, 1.165) is 18.6 Å². The van der Waals surface area contributed by atoms with Gasteiger partial charge in [0.2, 0.25) is 0 Å². The molecule has 1 aliphatic heterocycles. The largest absolute Gasteiger partial charge is 0.430 e. The SMILES string of the molecule is CCCCCCCCCCCCCCC=C1OC(=O)C1CCCCCCCCCCCCCCCC. The minimum absolute atomic E-state index is 0.0191. The number of hydrogen-bond donors (Lipinski definition) is 0. The van der Waals surface area contributed by atoms with E-state index >= 15 is 0 Å². The lowest BCUT2D eigenvalue weighted by molar-refractivity contribution is -0.157. The molecule has 1 atom stereocenters. The van der Waals surface area contributed by atoms with Crippen LogP contribution >= 0.6 is 0 Å². The summed E-state index contributed by atoms with van der Waals surface area (Å²) < 4.78 is 5.35. The fourth-order valence-electron chi connectivity index (χ4n) is 5.53. The molecule has 0 amide bonds. The zero-order chi connectivity index (χ0) is 25.9. The highest BCUT2D eigenvalue weighted by Crippen LogP contribution is 2.32. The summed E-state index contributed by atoms with van der Waals surface area (Å²) in [4.78, 5) is 11.9. The van der Waals surface area contributed by atoms with Crippen LogP contribution in [-0.2, 0) is 9.53 Å². The topological polar surface area (TPSA) is 26.3 Å². The van der Waals surface area contributed by atoms with E-state index in [1.807, 2.05) is 0 Å². The number of cyclic esters (lactones) is 1. The average Bonchev–Trinajstić information content (AvgIpc) is 2.88. The van der Waals surface area contributed by atoms with E-state index in [1.54, 1.807) is 0 Å². The second-order valence-electron chi connectivity index (χ2n) is 11.6. The Kier molecular flexibility index (Phi) is 23.9. The van der Waals surface area contributed by atoms with Crippen molar-refractivity contribution >= 4 is 5.97 Å². The van der Waals surface area contributed by atoms with Crippen LogP contribution in [0.4, 0.5) is 0 Å². The van der Waals surface area contributed by atoms with E-state index in [9.17, 15) is 4.79 Å². The highest BCUT2D eigenvalue weighted by Gasteiger charge is 2.36. The number of carbonyl (C=O) groups excluding carboxylic acids is 1. The van der Waals surface area contributed by atoms with E-state index in [1.165, 1.54) is 167 Å². The predicted octanol–water partition coefficient (Wildman–Crippen LogP) is 12.0. The fourth-order valence-corrected chi connectivity index (χ4v) is 5.53. The number of carbonyl (C=O) groups is 1. The molecule has 0 aromatic carbocycles. The minimum atomic E-state index is 0.0191. The summed E-state index contributed by atoms with van der Waals surface area (Å²) in [6.07, 6.45) is 40.3. The van der Waals surface area contributed by atoms with Gasteiger partial charge in [0.15, 0.2) is 0 Å². The molecule has 1 rings (SSSR count). The molecule has 1 heterocycles. The van der Waals surface area contributed by atoms with Gasteiger partial charge in [0.25, 0.3) is 0 Å². The summed E-state index contributed by atoms with van der Waals surface area (Å²) >= 11 is 0. The van der Waals surface area contributed by atoms with Crippen LogP contribution in [0.15, 0.2) is 11.8 Å². The Morgan fingerprint density at radius 2 is 0.833 bits per heavy atom. The van der Waals surface area contributed by atoms with E-state index in [4.69, 9.17) is 4.74 Å². The zero-order valence-electron chi connectivity index (χ0n) is 24.8. The van der Waals surface area contributed by atoms with Crippen LogP contribution < -0.4 is 0 Å². The van der Waals surface area contributed by atoms with Crippen LogP contribution in [0.3, 0.4) is 0 Å². The van der Waals surface area contributed by atoms with Crippen molar-refractivity contribution in [1.82, 2.24) is 0 Å². The normalized spacial score (nSPS) is 16.4. The molecule has 0 radical (unpaired) electrons. The third kappa shape index (κ3) is 19.3. The first-order valence-electron chi connectivity index (χ1n) is 16.7. The maximum absolute atomic E-state index is 11.9. The summed E-state index contributed by atoms with van der Waals surface area (Å²) in [7, 11) is 0. The van der Waals surface area contributed by atoms with Crippen molar-refractivity contribution in [2.24, 2.45) is 5.92 Å². The highest BCUT2D eigenvalue weighted by atomic mass is 16.6. The predicted molar refractivity (Wildman–Crippen MR) is 158 cm³/mol. The van der Waals surface area contributed by atoms with E-state index in [0.29, 0.717) is 0 Å². The molecule has 0 aromatic rings. The number of hydrogen-bond acceptors (Lipinski definition) is 2. The Labute approximate surface area is 226 Å². The molecule has 1 aliphatic rings. The van der Waals surface area contributed by atoms with Crippen molar-refractivity contribution in [2.45, 2.75) is 194 Å². The number of allylic oxidation sites excluding steroid dienone is 1. The molecule has 2 nitrogen and oxygen atoms in total. The monoisotopic (exact) mass is 504 g/mol. The standard InChI is InChI=1S/C34H64O2/c1-3-5-7-9-11-13-15-17-19-20-22-24-26-28-30-32-33(36-34(32)35)31-29-27-25-23-21-18-16-14-12-10-8-6-4-2/h31-32H,3-30H2,1-2H3. The molecule has 0 saturated carbocycles. The molecular formula is C34H64O2. The van der Waals surface area contributed by atoms with Crippen LogP contribution in [0.25, 0.3) is 0 Å². The molecule has 0 spiro atoms. The van der Waals surface area contributed by atoms with Crippen molar-refractivity contribution in [3.8, 4) is 0 Å². The summed E-state index contributed by atoms with van der Waals surface area (Å²) in [6, 6.07) is 0. The molecule has 0 aliphatic carbocycles. The lowest BCUT2D eigenvalue weighted by Crippen LogP contribution is -2.32. The summed E-state index contributed by atoms with van der Waals surface area (Å²) in [6.45, 7) is 4.58. The average molecular weight is 505 g/mol. The Hall–Kier alpha value is -0.790. The summed E-state index contributed by atoms with van der Waals surface area (Å²) in [5, 5.41) is 0. The van der Waals surface area contributed by atoms with Gasteiger partial charge in [-0.25, -0.2) is 0 Å². The quantitative estimate of drug-likeness (QED) is 0.0782. The van der Waals surface area contributed by atoms with Gasteiger partial charge in [-0.05, 0) is 25.3 Å². The van der Waals surface area contributed by atoms with Crippen molar-refractivity contribution in [3.63, 3.8) is 0 Å². The Morgan fingerprint density at radius 1 is 0.500 bits per heavy atom. The van der Waals surface area contributed by atoms with Crippen molar-refractivity contribution in [1.29, 1.82) is 0 Å². The van der Waals surface area contributed by atoms with Gasteiger partial charge in [-0.1, -0.05) is 174 Å². The molecule has 0 N–H and O–H groups in total. The number of esters is 1. The fraction of sp³-hybridized carbons (Fsp3) is 0.912. The maximum Gasteiger partial charge on any atom is 0.321 e. The van der Waals surface area contributed by atoms with Gasteiger partial charge in [0.05, 0.1) is 0 Å². The molecule has 1 fully saturated rings. The number of ether oxygens (including phenoxy) is 1. The van der Waals surface area contributed by atoms with Crippen molar-refractivity contribution in [3.05, 3.63) is 11.8 Å². The van der Waals surface area contributed by atoms with Gasteiger partial charge in [-0.3, -0.25) is 4.79 Å². The van der Waals surface area contributed by atoms with Gasteiger partial charge in [-0.2, -0.15) is 0 Å². The second kappa shape index (κ2) is 25.8. The molecule has 2 heteroatoms. The molecule has 0 aromatic heterocycles. The molecule has 36 heavy (non-hydrogen) atoms. The smallest absolute Gasteiger partial charge is 0.321 e. The van der Waals surface area contributed by atoms with Gasteiger partial charge in [-0.15, -0.1) is 0 Å². The molecule has 1 unspecified atom stereocenters. The molecular weight excluding hydrogens is 440 g/mol. The van der Waals surface area contributed by atoms with Crippen molar-refractivity contribution in [2.75, 3.05) is 0 Å². The first-order chi connectivity index (χ1) is 17.8. The van der Waals surface area contributed by atoms with Crippen LogP contribution in [0.5, 0.6) is 0 Å². The van der Waals surface area contributed by atoms with Gasteiger partial charge in [0.1, 0.15) is 11.7 Å². The maximum atomic E-state index is 11.9. The third-order valence-corrected chi connectivity index (χ3v) is 8.10. The first kappa shape index (κ1) is 33.2. The molecule has 212 valence electrons. The van der Waals surface area contributed by atoms with Gasteiger partial charge in [0, 0.05) is 0 Å². The first-order valence-corrected chi connectivity index (χ1v) is 16.7. The van der Waals surface area contributed by atoms with Crippen LogP contribution in [0.1, 0.15) is 194 Å². The van der Waals surface area contributed by atoms with Gasteiger partial charge >= 0.3 is 5.97 Å². The van der Waals surface area contributed by atoms with Crippen LogP contribution in [0.2, 0.25) is 0 Å². The van der Waals surface area contributed by atoms with Crippen LogP contribution in [-0.4, -0.2) is 5.97 Å². The van der Waals surface area contributed by atoms with Crippen molar-refractivity contribution < 1.29 is 9.53 Å². The van der Waals surface area contributed by atoms with E-state index in [2.05, 4.69) is 19.9 Å². The summed E-state index contributed by atoms with van der Waals surface area (Å²) in [5.41, 5.74) is 0. The van der Waals surface area contributed by atoms with E-state index in [-0.39, 0.29) is 11.9 Å². The number of rotatable bonds is 28. The Balaban J connectivity index is 1.86. The van der Waals surface area contributed by atoms with Gasteiger partial charge < -0.3 is 4.74 Å². The highest BCUT2D eigenvalue weighted by molar-refractivity contribution is 5.82. The lowest BCUT2D eigenvalue weighted by atomic mass is 9.93. The van der Waals surface area contributed by atoms with E-state index < -0.39 is 0 Å². The Bertz CT molecular complexity index is 509. The minimum Gasteiger partial charge on any atom is -0.430 e. The molecule has 1 saturated heterocycles. The number of unbranched alkanes of at least 4 members (excludes halogenated alkanes) is 25. The Morgan fingerprint density at radius 3 is 1.19 bits per heavy atom. The third-order valence-electron chi connectivity index (χ3n) is 8.10. The summed E-state index contributed by atoms with van der Waals surface area (Å²) in [5.74, 6) is 1.09. The second-order valence-corrected chi connectivity index (χ2v) is 11.6. The molecule has 0 bridgehead atoms. The van der Waals surface area contributed by atoms with Crippen LogP contribution in [0, 0.1) is 5.92 Å². The zero-order valence-corrected chi connectivity index (χ0v) is 24.8. The lowest BCUT2D eigenvalue weighted by Gasteiger charge is -2.28.